The molecule has 0 saturated heterocycles. The summed E-state index contributed by atoms with van der Waals surface area (Å²) in [6, 6.07) is 26.1. The van der Waals surface area contributed by atoms with Crippen LogP contribution >= 0.6 is 0 Å². The van der Waals surface area contributed by atoms with Crippen LogP contribution in [0.5, 0.6) is 0 Å². The highest BCUT2D eigenvalue weighted by Crippen LogP contribution is 2.19. The van der Waals surface area contributed by atoms with Crippen molar-refractivity contribution in [2.45, 2.75) is 19.1 Å². The van der Waals surface area contributed by atoms with E-state index in [2.05, 4.69) is 10.3 Å². The van der Waals surface area contributed by atoms with E-state index in [9.17, 15) is 9.59 Å². The zero-order chi connectivity index (χ0) is 22.2. The molecule has 1 amide bonds. The SMILES string of the molecule is O=C(N[C@@H](Cc1c[nH]c2ccccc12)C(=O)/C=C/c1ccccc1)OCc1ccccc1. The van der Waals surface area contributed by atoms with E-state index >= 15 is 0 Å². The molecule has 0 spiro atoms. The third kappa shape index (κ3) is 5.52. The third-order valence-corrected chi connectivity index (χ3v) is 5.19. The van der Waals surface area contributed by atoms with Crippen LogP contribution in [0.1, 0.15) is 16.7 Å². The van der Waals surface area contributed by atoms with Gasteiger partial charge in [0.15, 0.2) is 5.78 Å². The van der Waals surface area contributed by atoms with Gasteiger partial charge in [0.05, 0.1) is 6.04 Å². The smallest absolute Gasteiger partial charge is 0.408 e. The van der Waals surface area contributed by atoms with Gasteiger partial charge in [0.2, 0.25) is 0 Å². The molecule has 0 fully saturated rings. The van der Waals surface area contributed by atoms with E-state index in [-0.39, 0.29) is 12.4 Å². The predicted molar refractivity (Wildman–Crippen MR) is 126 cm³/mol. The van der Waals surface area contributed by atoms with E-state index in [1.165, 1.54) is 6.08 Å². The molecule has 4 aromatic rings. The topological polar surface area (TPSA) is 71.2 Å². The molecule has 0 saturated carbocycles. The highest BCUT2D eigenvalue weighted by molar-refractivity contribution is 5.99. The number of aromatic nitrogens is 1. The molecule has 3 aromatic carbocycles. The molecule has 160 valence electrons. The Hall–Kier alpha value is -4.12. The molecule has 1 heterocycles. The minimum Gasteiger partial charge on any atom is -0.445 e. The Morgan fingerprint density at radius 2 is 1.59 bits per heavy atom. The Labute approximate surface area is 186 Å². The standard InChI is InChI=1S/C27H24N2O3/c30-26(16-15-20-9-3-1-4-10-20)25(17-22-18-28-24-14-8-7-13-23(22)24)29-27(31)32-19-21-11-5-2-6-12-21/h1-16,18,25,28H,17,19H2,(H,29,31)/b16-15+/t25-/m0/s1. The van der Waals surface area contributed by atoms with Gasteiger partial charge >= 0.3 is 6.09 Å². The van der Waals surface area contributed by atoms with Crippen molar-refractivity contribution in [3.05, 3.63) is 114 Å². The molecule has 2 N–H and O–H groups in total. The Bertz CT molecular complexity index is 1210. The Morgan fingerprint density at radius 3 is 2.38 bits per heavy atom. The average Bonchev–Trinajstić information content (AvgIpc) is 3.25. The van der Waals surface area contributed by atoms with E-state index in [0.29, 0.717) is 6.42 Å². The monoisotopic (exact) mass is 424 g/mol. The maximum absolute atomic E-state index is 13.0. The van der Waals surface area contributed by atoms with Crippen LogP contribution in [-0.2, 0) is 22.6 Å². The fourth-order valence-corrected chi connectivity index (χ4v) is 3.51. The van der Waals surface area contributed by atoms with Gasteiger partial charge in [-0.2, -0.15) is 0 Å². The van der Waals surface area contributed by atoms with E-state index < -0.39 is 12.1 Å². The fraction of sp³-hybridized carbons (Fsp3) is 0.111. The Kier molecular flexibility index (Phi) is 6.78. The molecule has 5 heteroatoms. The molecule has 1 atom stereocenters. The number of H-pyrrole nitrogens is 1. The van der Waals surface area contributed by atoms with Gasteiger partial charge in [-0.15, -0.1) is 0 Å². The highest BCUT2D eigenvalue weighted by Gasteiger charge is 2.21. The van der Waals surface area contributed by atoms with Crippen molar-refractivity contribution in [3.8, 4) is 0 Å². The first kappa shape index (κ1) is 21.1. The predicted octanol–water partition coefficient (Wildman–Crippen LogP) is 5.29. The zero-order valence-corrected chi connectivity index (χ0v) is 17.5. The van der Waals surface area contributed by atoms with Gasteiger partial charge in [0.25, 0.3) is 0 Å². The number of amides is 1. The Balaban J connectivity index is 1.49. The van der Waals surface area contributed by atoms with E-state index in [1.54, 1.807) is 6.08 Å². The second kappa shape index (κ2) is 10.3. The Morgan fingerprint density at radius 1 is 0.906 bits per heavy atom. The number of carbonyl (C=O) groups excluding carboxylic acids is 2. The molecule has 0 aliphatic carbocycles. The first-order chi connectivity index (χ1) is 15.7. The van der Waals surface area contributed by atoms with Crippen molar-refractivity contribution in [2.75, 3.05) is 0 Å². The maximum atomic E-state index is 13.0. The van der Waals surface area contributed by atoms with Crippen LogP contribution in [0.2, 0.25) is 0 Å². The number of alkyl carbamates (subject to hydrolysis) is 1. The molecular formula is C27H24N2O3. The summed E-state index contributed by atoms with van der Waals surface area (Å²) >= 11 is 0. The van der Waals surface area contributed by atoms with Crippen LogP contribution in [0.25, 0.3) is 17.0 Å². The summed E-state index contributed by atoms with van der Waals surface area (Å²) in [6.45, 7) is 0.139. The number of carbonyl (C=O) groups is 2. The van der Waals surface area contributed by atoms with Gasteiger partial charge in [-0.3, -0.25) is 4.79 Å². The number of para-hydroxylation sites is 1. The van der Waals surface area contributed by atoms with Gasteiger partial charge < -0.3 is 15.0 Å². The third-order valence-electron chi connectivity index (χ3n) is 5.19. The van der Waals surface area contributed by atoms with Gasteiger partial charge in [0.1, 0.15) is 6.61 Å². The lowest BCUT2D eigenvalue weighted by atomic mass is 10.0. The molecule has 1 aromatic heterocycles. The molecule has 0 unspecified atom stereocenters. The summed E-state index contributed by atoms with van der Waals surface area (Å²) < 4.78 is 5.34. The fourth-order valence-electron chi connectivity index (χ4n) is 3.51. The molecule has 5 nitrogen and oxygen atoms in total. The van der Waals surface area contributed by atoms with Crippen molar-refractivity contribution in [1.82, 2.24) is 10.3 Å². The lowest BCUT2D eigenvalue weighted by molar-refractivity contribution is -0.116. The van der Waals surface area contributed by atoms with Gasteiger partial charge in [-0.1, -0.05) is 84.9 Å². The van der Waals surface area contributed by atoms with E-state index in [0.717, 1.165) is 27.6 Å². The molecule has 0 radical (unpaired) electrons. The number of aromatic amines is 1. The van der Waals surface area contributed by atoms with Crippen LogP contribution in [-0.4, -0.2) is 22.9 Å². The van der Waals surface area contributed by atoms with Crippen LogP contribution in [0, 0.1) is 0 Å². The average molecular weight is 425 g/mol. The molecule has 0 bridgehead atoms. The van der Waals surface area contributed by atoms with Gasteiger partial charge in [-0.25, -0.2) is 4.79 Å². The zero-order valence-electron chi connectivity index (χ0n) is 17.5. The number of ether oxygens (including phenoxy) is 1. The van der Waals surface area contributed by atoms with Crippen LogP contribution in [0.3, 0.4) is 0 Å². The summed E-state index contributed by atoms with van der Waals surface area (Å²) in [7, 11) is 0. The number of fused-ring (bicyclic) bond motifs is 1. The first-order valence-corrected chi connectivity index (χ1v) is 10.5. The molecule has 32 heavy (non-hydrogen) atoms. The van der Waals surface area contributed by atoms with Crippen LogP contribution in [0.4, 0.5) is 4.79 Å². The van der Waals surface area contributed by atoms with Crippen molar-refractivity contribution in [3.63, 3.8) is 0 Å². The van der Waals surface area contributed by atoms with E-state index in [1.807, 2.05) is 91.1 Å². The quantitative estimate of drug-likeness (QED) is 0.378. The summed E-state index contributed by atoms with van der Waals surface area (Å²) in [5.74, 6) is -0.198. The normalized spacial score (nSPS) is 12.0. The first-order valence-electron chi connectivity index (χ1n) is 10.5. The summed E-state index contributed by atoms with van der Waals surface area (Å²) in [5, 5.41) is 3.78. The number of ketones is 1. The lowest BCUT2D eigenvalue weighted by Gasteiger charge is -2.16. The number of nitrogens with one attached hydrogen (secondary N) is 2. The highest BCUT2D eigenvalue weighted by atomic mass is 16.5. The largest absolute Gasteiger partial charge is 0.445 e. The van der Waals surface area contributed by atoms with E-state index in [4.69, 9.17) is 4.74 Å². The molecule has 0 aliphatic heterocycles. The molecule has 4 rings (SSSR count). The number of rotatable bonds is 8. The van der Waals surface area contributed by atoms with Crippen LogP contribution < -0.4 is 5.32 Å². The molecule has 0 aliphatic rings. The summed E-state index contributed by atoms with van der Waals surface area (Å²) in [6.07, 6.45) is 4.86. The second-order valence-electron chi connectivity index (χ2n) is 7.47. The minimum atomic E-state index is -0.752. The van der Waals surface area contributed by atoms with Crippen molar-refractivity contribution >= 4 is 28.9 Å². The molecular weight excluding hydrogens is 400 g/mol. The summed E-state index contributed by atoms with van der Waals surface area (Å²) in [5.41, 5.74) is 3.74. The van der Waals surface area contributed by atoms with Crippen LogP contribution in [0.15, 0.2) is 97.2 Å². The summed E-state index contributed by atoms with van der Waals surface area (Å²) in [4.78, 5) is 28.7. The van der Waals surface area contributed by atoms with Crippen molar-refractivity contribution in [2.24, 2.45) is 0 Å². The second-order valence-corrected chi connectivity index (χ2v) is 7.47. The van der Waals surface area contributed by atoms with Crippen molar-refractivity contribution < 1.29 is 14.3 Å². The van der Waals surface area contributed by atoms with Crippen molar-refractivity contribution in [1.29, 1.82) is 0 Å². The number of benzene rings is 3. The minimum absolute atomic E-state index is 0.139. The van der Waals surface area contributed by atoms with Gasteiger partial charge in [0, 0.05) is 23.5 Å². The lowest BCUT2D eigenvalue weighted by Crippen LogP contribution is -2.42. The maximum Gasteiger partial charge on any atom is 0.408 e. The van der Waals surface area contributed by atoms with Gasteiger partial charge in [-0.05, 0) is 28.8 Å². The number of hydrogen-bond donors (Lipinski definition) is 2. The number of hydrogen-bond acceptors (Lipinski definition) is 3.